The van der Waals surface area contributed by atoms with Gasteiger partial charge in [0.25, 0.3) is 5.91 Å². The number of carboxylic acid groups (broad SMARTS) is 1. The molecule has 1 aliphatic heterocycles. The first-order chi connectivity index (χ1) is 8.44. The minimum Gasteiger partial charge on any atom is -0.481 e. The average Bonchev–Trinajstić information content (AvgIpc) is 2.75. The summed E-state index contributed by atoms with van der Waals surface area (Å²) in [6.07, 6.45) is 1.05. The van der Waals surface area contributed by atoms with Crippen molar-refractivity contribution in [3.63, 3.8) is 0 Å². The number of rotatable bonds is 2. The fraction of sp³-hybridized carbons (Fsp3) is 0.538. The van der Waals surface area contributed by atoms with Crippen molar-refractivity contribution >= 4 is 23.2 Å². The first-order valence-electron chi connectivity index (χ1n) is 6.01. The molecule has 18 heavy (non-hydrogen) atoms. The first-order valence-corrected chi connectivity index (χ1v) is 6.89. The van der Waals surface area contributed by atoms with E-state index in [9.17, 15) is 9.59 Å². The highest BCUT2D eigenvalue weighted by molar-refractivity contribution is 7.12. The lowest BCUT2D eigenvalue weighted by Crippen LogP contribution is -2.45. The number of nitrogens with zero attached hydrogens (tertiary/aromatic N) is 1. The van der Waals surface area contributed by atoms with Crippen LogP contribution in [0.25, 0.3) is 0 Å². The van der Waals surface area contributed by atoms with Crippen LogP contribution in [0, 0.1) is 12.3 Å². The van der Waals surface area contributed by atoms with Gasteiger partial charge in [-0.05, 0) is 43.7 Å². The Morgan fingerprint density at radius 3 is 2.44 bits per heavy atom. The first kappa shape index (κ1) is 13.1. The molecular formula is C13H17NO3S. The van der Waals surface area contributed by atoms with Crippen molar-refractivity contribution in [1.29, 1.82) is 0 Å². The third kappa shape index (κ3) is 2.27. The molecule has 0 atom stereocenters. The topological polar surface area (TPSA) is 57.6 Å². The molecule has 0 spiro atoms. The summed E-state index contributed by atoms with van der Waals surface area (Å²) in [7, 11) is 0. The van der Waals surface area contributed by atoms with Gasteiger partial charge in [0.2, 0.25) is 0 Å². The summed E-state index contributed by atoms with van der Waals surface area (Å²) in [5.41, 5.74) is 0.318. The van der Waals surface area contributed by atoms with Crippen LogP contribution >= 0.6 is 11.3 Å². The van der Waals surface area contributed by atoms with Gasteiger partial charge in [-0.1, -0.05) is 0 Å². The third-order valence-corrected chi connectivity index (χ3v) is 4.73. The van der Waals surface area contributed by atoms with E-state index in [4.69, 9.17) is 5.11 Å². The highest BCUT2D eigenvalue weighted by atomic mass is 32.1. The van der Waals surface area contributed by atoms with E-state index < -0.39 is 11.4 Å². The molecule has 2 heterocycles. The standard InChI is InChI=1S/C13H17NO3S/c1-9-3-8-18-10(9)11(15)14-6-4-13(2,5-7-14)12(16)17/h3,8H,4-7H2,1-2H3,(H,16,17). The van der Waals surface area contributed by atoms with E-state index in [0.29, 0.717) is 25.9 Å². The highest BCUT2D eigenvalue weighted by Crippen LogP contribution is 2.32. The SMILES string of the molecule is Cc1ccsc1C(=O)N1CCC(C)(C(=O)O)CC1. The van der Waals surface area contributed by atoms with Crippen LogP contribution in [0.15, 0.2) is 11.4 Å². The highest BCUT2D eigenvalue weighted by Gasteiger charge is 2.38. The smallest absolute Gasteiger partial charge is 0.309 e. The van der Waals surface area contributed by atoms with E-state index in [1.807, 2.05) is 18.4 Å². The minimum absolute atomic E-state index is 0.0370. The Hall–Kier alpha value is -1.36. The maximum Gasteiger partial charge on any atom is 0.309 e. The molecule has 1 fully saturated rings. The maximum absolute atomic E-state index is 12.3. The summed E-state index contributed by atoms with van der Waals surface area (Å²) < 4.78 is 0. The van der Waals surface area contributed by atoms with Crippen molar-refractivity contribution in [2.75, 3.05) is 13.1 Å². The zero-order valence-corrected chi connectivity index (χ0v) is 11.4. The number of aryl methyl sites for hydroxylation is 1. The lowest BCUT2D eigenvalue weighted by atomic mass is 9.80. The van der Waals surface area contributed by atoms with Gasteiger partial charge in [-0.25, -0.2) is 0 Å². The van der Waals surface area contributed by atoms with Gasteiger partial charge in [-0.2, -0.15) is 0 Å². The van der Waals surface area contributed by atoms with Crippen molar-refractivity contribution in [2.24, 2.45) is 5.41 Å². The Labute approximate surface area is 110 Å². The number of likely N-dealkylation sites (tertiary alicyclic amines) is 1. The summed E-state index contributed by atoms with van der Waals surface area (Å²) in [6, 6.07) is 1.93. The van der Waals surface area contributed by atoms with E-state index in [1.54, 1.807) is 11.8 Å². The van der Waals surface area contributed by atoms with Crippen LogP contribution in [-0.4, -0.2) is 35.0 Å². The largest absolute Gasteiger partial charge is 0.481 e. The van der Waals surface area contributed by atoms with Gasteiger partial charge in [-0.3, -0.25) is 9.59 Å². The second-order valence-electron chi connectivity index (χ2n) is 5.09. The molecule has 5 heteroatoms. The molecule has 1 amide bonds. The van der Waals surface area contributed by atoms with Crippen molar-refractivity contribution in [1.82, 2.24) is 4.90 Å². The minimum atomic E-state index is -0.762. The normalized spacial score (nSPS) is 18.7. The average molecular weight is 267 g/mol. The van der Waals surface area contributed by atoms with Crippen molar-refractivity contribution in [3.05, 3.63) is 21.9 Å². The monoisotopic (exact) mass is 267 g/mol. The lowest BCUT2D eigenvalue weighted by molar-refractivity contribution is -0.150. The summed E-state index contributed by atoms with van der Waals surface area (Å²) >= 11 is 1.45. The number of piperidine rings is 1. The van der Waals surface area contributed by atoms with Gasteiger partial charge in [-0.15, -0.1) is 11.3 Å². The molecule has 1 aliphatic rings. The van der Waals surface area contributed by atoms with E-state index in [1.165, 1.54) is 11.3 Å². The second kappa shape index (κ2) is 4.72. The number of carbonyl (C=O) groups is 2. The molecular weight excluding hydrogens is 250 g/mol. The quantitative estimate of drug-likeness (QED) is 0.895. The lowest BCUT2D eigenvalue weighted by Gasteiger charge is -2.36. The zero-order valence-electron chi connectivity index (χ0n) is 10.6. The van der Waals surface area contributed by atoms with Gasteiger partial charge in [0.1, 0.15) is 0 Å². The Kier molecular flexibility index (Phi) is 3.43. The van der Waals surface area contributed by atoms with Crippen molar-refractivity contribution < 1.29 is 14.7 Å². The maximum atomic E-state index is 12.3. The van der Waals surface area contributed by atoms with Crippen LogP contribution in [0.5, 0.6) is 0 Å². The Morgan fingerprint density at radius 1 is 1.39 bits per heavy atom. The summed E-state index contributed by atoms with van der Waals surface area (Å²) in [5, 5.41) is 11.1. The molecule has 1 aromatic heterocycles. The number of thiophene rings is 1. The molecule has 0 aromatic carbocycles. The molecule has 2 rings (SSSR count). The van der Waals surface area contributed by atoms with E-state index in [2.05, 4.69) is 0 Å². The van der Waals surface area contributed by atoms with Crippen LogP contribution in [-0.2, 0) is 4.79 Å². The van der Waals surface area contributed by atoms with Gasteiger partial charge in [0.15, 0.2) is 0 Å². The summed E-state index contributed by atoms with van der Waals surface area (Å²) in [6.45, 7) is 4.74. The van der Waals surface area contributed by atoms with Gasteiger partial charge in [0.05, 0.1) is 10.3 Å². The molecule has 98 valence electrons. The predicted molar refractivity (Wildman–Crippen MR) is 69.9 cm³/mol. The molecule has 0 bridgehead atoms. The summed E-state index contributed by atoms with van der Waals surface area (Å²) in [5.74, 6) is -0.725. The van der Waals surface area contributed by atoms with Crippen LogP contribution in [0.2, 0.25) is 0 Å². The van der Waals surface area contributed by atoms with Crippen molar-refractivity contribution in [2.45, 2.75) is 26.7 Å². The van der Waals surface area contributed by atoms with Crippen LogP contribution < -0.4 is 0 Å². The van der Waals surface area contributed by atoms with Crippen LogP contribution in [0.1, 0.15) is 35.0 Å². The predicted octanol–water partition coefficient (Wildman–Crippen LogP) is 2.38. The fourth-order valence-corrected chi connectivity index (χ4v) is 3.04. The van der Waals surface area contributed by atoms with E-state index >= 15 is 0 Å². The summed E-state index contributed by atoms with van der Waals surface area (Å²) in [4.78, 5) is 25.9. The Morgan fingerprint density at radius 2 is 2.00 bits per heavy atom. The molecule has 0 aliphatic carbocycles. The Balaban J connectivity index is 2.05. The fourth-order valence-electron chi connectivity index (χ4n) is 2.15. The van der Waals surface area contributed by atoms with Gasteiger partial charge in [0, 0.05) is 13.1 Å². The van der Waals surface area contributed by atoms with Gasteiger partial charge >= 0.3 is 5.97 Å². The van der Waals surface area contributed by atoms with Crippen LogP contribution in [0.4, 0.5) is 0 Å². The molecule has 0 radical (unpaired) electrons. The van der Waals surface area contributed by atoms with Crippen LogP contribution in [0.3, 0.4) is 0 Å². The third-order valence-electron chi connectivity index (χ3n) is 3.73. The Bertz CT molecular complexity index is 472. The molecule has 0 unspecified atom stereocenters. The number of amides is 1. The van der Waals surface area contributed by atoms with E-state index in [-0.39, 0.29) is 5.91 Å². The molecule has 1 N–H and O–H groups in total. The number of carbonyl (C=O) groups excluding carboxylic acids is 1. The van der Waals surface area contributed by atoms with Gasteiger partial charge < -0.3 is 10.0 Å². The molecule has 0 saturated carbocycles. The van der Waals surface area contributed by atoms with Crippen molar-refractivity contribution in [3.8, 4) is 0 Å². The number of carboxylic acids is 1. The molecule has 4 nitrogen and oxygen atoms in total. The molecule has 1 aromatic rings. The number of hydrogen-bond acceptors (Lipinski definition) is 3. The van der Waals surface area contributed by atoms with E-state index in [0.717, 1.165) is 10.4 Å². The molecule has 1 saturated heterocycles. The zero-order chi connectivity index (χ0) is 13.3. The second-order valence-corrected chi connectivity index (χ2v) is 6.01. The number of hydrogen-bond donors (Lipinski definition) is 1. The number of aliphatic carboxylic acids is 1.